The molecule has 0 spiro atoms. The molecule has 1 fully saturated rings. The average molecular weight is 406 g/mol. The number of amides is 2. The number of benzene rings is 2. The predicted octanol–water partition coefficient (Wildman–Crippen LogP) is 6.35. The second-order valence-corrected chi connectivity index (χ2v) is 8.10. The third-order valence-corrected chi connectivity index (χ3v) is 5.77. The van der Waals surface area contributed by atoms with Gasteiger partial charge in [0.15, 0.2) is 0 Å². The lowest BCUT2D eigenvalue weighted by Crippen LogP contribution is -2.27. The fraction of sp³-hybridized carbons (Fsp3) is 0.200. The Balaban J connectivity index is 1.82. The zero-order valence-electron chi connectivity index (χ0n) is 14.3. The Morgan fingerprint density at radius 1 is 1.04 bits per heavy atom. The van der Waals surface area contributed by atoms with E-state index in [9.17, 15) is 9.59 Å². The van der Waals surface area contributed by atoms with Crippen molar-refractivity contribution in [3.63, 3.8) is 0 Å². The summed E-state index contributed by atoms with van der Waals surface area (Å²) in [7, 11) is 0. The molecule has 134 valence electrons. The monoisotopic (exact) mass is 405 g/mol. The Bertz CT molecular complexity index is 871. The zero-order valence-corrected chi connectivity index (χ0v) is 16.7. The van der Waals surface area contributed by atoms with Crippen molar-refractivity contribution in [3.8, 4) is 0 Å². The molecule has 2 amide bonds. The molecule has 26 heavy (non-hydrogen) atoms. The van der Waals surface area contributed by atoms with Crippen molar-refractivity contribution in [2.45, 2.75) is 26.3 Å². The number of carbonyl (C=O) groups is 2. The van der Waals surface area contributed by atoms with E-state index in [0.29, 0.717) is 26.4 Å². The summed E-state index contributed by atoms with van der Waals surface area (Å²) in [6.07, 6.45) is 1.74. The van der Waals surface area contributed by atoms with E-state index in [1.165, 1.54) is 10.5 Å². The van der Waals surface area contributed by atoms with Crippen molar-refractivity contribution < 1.29 is 9.59 Å². The SMILES string of the molecule is CC(C)c1ccc(C=C2SC(=O)N(Cc3c(Cl)cccc3Cl)C2=O)cc1. The van der Waals surface area contributed by atoms with Crippen LogP contribution < -0.4 is 0 Å². The number of hydrogen-bond donors (Lipinski definition) is 0. The number of halogens is 2. The predicted molar refractivity (Wildman–Crippen MR) is 109 cm³/mol. The van der Waals surface area contributed by atoms with Crippen molar-refractivity contribution in [2.24, 2.45) is 0 Å². The standard InChI is InChI=1S/C20H17Cl2NO2S/c1-12(2)14-8-6-13(7-9-14)10-18-19(24)23(20(25)26-18)11-15-16(21)4-3-5-17(15)22/h3-10,12H,11H2,1-2H3. The van der Waals surface area contributed by atoms with Gasteiger partial charge in [-0.3, -0.25) is 14.5 Å². The molecule has 3 rings (SSSR count). The summed E-state index contributed by atoms with van der Waals surface area (Å²) in [5, 5.41) is 0.547. The van der Waals surface area contributed by atoms with Gasteiger partial charge in [-0.1, -0.05) is 67.4 Å². The van der Waals surface area contributed by atoms with Crippen LogP contribution in [0.3, 0.4) is 0 Å². The van der Waals surface area contributed by atoms with E-state index in [1.54, 1.807) is 24.3 Å². The Kier molecular flexibility index (Phi) is 5.76. The van der Waals surface area contributed by atoms with Crippen LogP contribution in [-0.2, 0) is 11.3 Å². The molecule has 0 saturated carbocycles. The zero-order chi connectivity index (χ0) is 18.8. The molecule has 0 atom stereocenters. The minimum absolute atomic E-state index is 0.0623. The van der Waals surface area contributed by atoms with Crippen LogP contribution >= 0.6 is 35.0 Å². The molecule has 0 aliphatic carbocycles. The lowest BCUT2D eigenvalue weighted by Gasteiger charge is -2.14. The minimum Gasteiger partial charge on any atom is -0.268 e. The van der Waals surface area contributed by atoms with Gasteiger partial charge in [-0.25, -0.2) is 0 Å². The van der Waals surface area contributed by atoms with Gasteiger partial charge in [-0.05, 0) is 47.0 Å². The highest BCUT2D eigenvalue weighted by Crippen LogP contribution is 2.35. The van der Waals surface area contributed by atoms with Crippen molar-refractivity contribution >= 4 is 52.2 Å². The van der Waals surface area contributed by atoms with Crippen LogP contribution in [0, 0.1) is 0 Å². The first kappa shape index (κ1) is 19.0. The number of thioether (sulfide) groups is 1. The minimum atomic E-state index is -0.330. The first-order valence-electron chi connectivity index (χ1n) is 8.15. The van der Waals surface area contributed by atoms with Crippen molar-refractivity contribution in [3.05, 3.63) is 74.1 Å². The van der Waals surface area contributed by atoms with E-state index in [2.05, 4.69) is 13.8 Å². The van der Waals surface area contributed by atoms with Crippen LogP contribution in [0.25, 0.3) is 6.08 Å². The van der Waals surface area contributed by atoms with Crippen molar-refractivity contribution in [2.75, 3.05) is 0 Å². The summed E-state index contributed by atoms with van der Waals surface area (Å²) in [5.74, 6) is 0.112. The number of carbonyl (C=O) groups excluding carboxylic acids is 2. The highest BCUT2D eigenvalue weighted by Gasteiger charge is 2.35. The summed E-state index contributed by atoms with van der Waals surface area (Å²) >= 11 is 13.2. The Morgan fingerprint density at radius 2 is 1.65 bits per heavy atom. The Hall–Kier alpha value is -1.75. The first-order valence-corrected chi connectivity index (χ1v) is 9.72. The summed E-state index contributed by atoms with van der Waals surface area (Å²) < 4.78 is 0. The molecule has 1 aliphatic rings. The first-order chi connectivity index (χ1) is 12.4. The van der Waals surface area contributed by atoms with Gasteiger partial charge in [0.2, 0.25) is 0 Å². The second kappa shape index (κ2) is 7.87. The molecular weight excluding hydrogens is 389 g/mol. The van der Waals surface area contributed by atoms with E-state index in [1.807, 2.05) is 24.3 Å². The van der Waals surface area contributed by atoms with E-state index < -0.39 is 0 Å². The van der Waals surface area contributed by atoms with Crippen molar-refractivity contribution in [1.82, 2.24) is 4.90 Å². The third kappa shape index (κ3) is 3.98. The molecule has 6 heteroatoms. The number of hydrogen-bond acceptors (Lipinski definition) is 3. The Morgan fingerprint density at radius 3 is 2.23 bits per heavy atom. The number of imide groups is 1. The van der Waals surface area contributed by atoms with Gasteiger partial charge in [0.05, 0.1) is 11.4 Å². The summed E-state index contributed by atoms with van der Waals surface area (Å²) in [6.45, 7) is 4.31. The van der Waals surface area contributed by atoms with Gasteiger partial charge in [-0.15, -0.1) is 0 Å². The summed E-state index contributed by atoms with van der Waals surface area (Å²) in [4.78, 5) is 26.5. The lowest BCUT2D eigenvalue weighted by molar-refractivity contribution is -0.123. The van der Waals surface area contributed by atoms with Crippen molar-refractivity contribution in [1.29, 1.82) is 0 Å². The van der Waals surface area contributed by atoms with Crippen LogP contribution in [0.4, 0.5) is 4.79 Å². The van der Waals surface area contributed by atoms with Crippen LogP contribution in [-0.4, -0.2) is 16.0 Å². The molecule has 0 aromatic heterocycles. The molecular formula is C20H17Cl2NO2S. The highest BCUT2D eigenvalue weighted by molar-refractivity contribution is 8.18. The molecule has 2 aromatic carbocycles. The van der Waals surface area contributed by atoms with Gasteiger partial charge in [0.25, 0.3) is 11.1 Å². The van der Waals surface area contributed by atoms with Gasteiger partial charge in [0.1, 0.15) is 0 Å². The van der Waals surface area contributed by atoms with Gasteiger partial charge in [0, 0.05) is 15.6 Å². The molecule has 1 saturated heterocycles. The number of nitrogens with zero attached hydrogens (tertiary/aromatic N) is 1. The van der Waals surface area contributed by atoms with E-state index in [0.717, 1.165) is 17.3 Å². The lowest BCUT2D eigenvalue weighted by atomic mass is 10.0. The average Bonchev–Trinajstić information content (AvgIpc) is 2.85. The molecule has 0 N–H and O–H groups in total. The normalized spacial score (nSPS) is 16.2. The van der Waals surface area contributed by atoms with Gasteiger partial charge < -0.3 is 0 Å². The third-order valence-electron chi connectivity index (χ3n) is 4.15. The molecule has 3 nitrogen and oxygen atoms in total. The topological polar surface area (TPSA) is 37.4 Å². The fourth-order valence-corrected chi connectivity index (χ4v) is 3.96. The smallest absolute Gasteiger partial charge is 0.268 e. The largest absolute Gasteiger partial charge is 0.293 e. The van der Waals surface area contributed by atoms with Crippen LogP contribution in [0.1, 0.15) is 36.5 Å². The molecule has 0 unspecified atom stereocenters. The quantitative estimate of drug-likeness (QED) is 0.555. The molecule has 2 aromatic rings. The molecule has 1 heterocycles. The van der Waals surface area contributed by atoms with E-state index in [-0.39, 0.29) is 17.7 Å². The van der Waals surface area contributed by atoms with E-state index in [4.69, 9.17) is 23.2 Å². The van der Waals surface area contributed by atoms with Gasteiger partial charge >= 0.3 is 0 Å². The maximum Gasteiger partial charge on any atom is 0.293 e. The molecule has 0 bridgehead atoms. The van der Waals surface area contributed by atoms with E-state index >= 15 is 0 Å². The Labute approximate surface area is 167 Å². The fourth-order valence-electron chi connectivity index (χ4n) is 2.61. The van der Waals surface area contributed by atoms with Gasteiger partial charge in [-0.2, -0.15) is 0 Å². The number of rotatable bonds is 4. The maximum atomic E-state index is 12.7. The highest BCUT2D eigenvalue weighted by atomic mass is 35.5. The van der Waals surface area contributed by atoms with Crippen LogP contribution in [0.2, 0.25) is 10.0 Å². The maximum absolute atomic E-state index is 12.7. The molecule has 0 radical (unpaired) electrons. The summed E-state index contributed by atoms with van der Waals surface area (Å²) in [6, 6.07) is 13.1. The second-order valence-electron chi connectivity index (χ2n) is 6.29. The van der Waals surface area contributed by atoms with Crippen LogP contribution in [0.5, 0.6) is 0 Å². The molecule has 1 aliphatic heterocycles. The summed E-state index contributed by atoms with van der Waals surface area (Å²) in [5.41, 5.74) is 2.68. The van der Waals surface area contributed by atoms with Crippen LogP contribution in [0.15, 0.2) is 47.4 Å².